The Hall–Kier alpha value is -1.58. The van der Waals surface area contributed by atoms with E-state index in [0.717, 1.165) is 37.9 Å². The van der Waals surface area contributed by atoms with Crippen molar-refractivity contribution in [2.45, 2.75) is 92.1 Å². The van der Waals surface area contributed by atoms with Gasteiger partial charge in [-0.25, -0.2) is 0 Å². The molecule has 29 heavy (non-hydrogen) atoms. The van der Waals surface area contributed by atoms with E-state index in [1.165, 1.54) is 44.3 Å². The summed E-state index contributed by atoms with van der Waals surface area (Å²) >= 11 is 0. The molecule has 4 rings (SSSR count). The molecule has 4 heteroatoms. The van der Waals surface area contributed by atoms with Gasteiger partial charge in [0.1, 0.15) is 11.9 Å². The maximum Gasteiger partial charge on any atom is 0.307 e. The molecule has 0 bridgehead atoms. The second-order valence-corrected chi connectivity index (χ2v) is 10.4. The van der Waals surface area contributed by atoms with Crippen LogP contribution >= 0.6 is 0 Å². The van der Waals surface area contributed by atoms with E-state index in [1.807, 2.05) is 6.92 Å². The Kier molecular flexibility index (Phi) is 5.19. The summed E-state index contributed by atoms with van der Waals surface area (Å²) in [5, 5.41) is 0. The van der Waals surface area contributed by atoms with Crippen molar-refractivity contribution >= 4 is 11.9 Å². The third-order valence-corrected chi connectivity index (χ3v) is 8.90. The monoisotopic (exact) mass is 400 g/mol. The highest BCUT2D eigenvalue weighted by molar-refractivity contribution is 5.67. The number of carbonyl (C=O) groups is 2. The topological polar surface area (TPSA) is 52.6 Å². The summed E-state index contributed by atoms with van der Waals surface area (Å²) in [6.07, 6.45) is 11.4. The number of carbonyl (C=O) groups excluding carboxylic acids is 2. The van der Waals surface area contributed by atoms with Gasteiger partial charge in [-0.3, -0.25) is 9.59 Å². The molecule has 6 atom stereocenters. The molecule has 0 aromatic rings. The van der Waals surface area contributed by atoms with Gasteiger partial charge in [-0.2, -0.15) is 0 Å². The second kappa shape index (κ2) is 7.28. The zero-order valence-electron chi connectivity index (χ0n) is 18.7. The first-order valence-electron chi connectivity index (χ1n) is 11.4. The SMILES string of the molecule is CC(=O)O/C(C)=C1\CC[C@@H]2[C@H]3CC=C4C[C@H](OC(C)=O)CC[C@]4(C)[C@@H]3CC[C@]12C. The smallest absolute Gasteiger partial charge is 0.307 e. The fraction of sp³-hybridized carbons (Fsp3) is 0.760. The van der Waals surface area contributed by atoms with Crippen molar-refractivity contribution in [2.24, 2.45) is 28.6 Å². The molecule has 0 radical (unpaired) electrons. The van der Waals surface area contributed by atoms with E-state index in [2.05, 4.69) is 19.9 Å². The van der Waals surface area contributed by atoms with Crippen LogP contribution in [0.15, 0.2) is 23.0 Å². The van der Waals surface area contributed by atoms with E-state index >= 15 is 0 Å². The molecule has 4 aliphatic carbocycles. The van der Waals surface area contributed by atoms with Crippen molar-refractivity contribution in [2.75, 3.05) is 0 Å². The summed E-state index contributed by atoms with van der Waals surface area (Å²) in [7, 11) is 0. The molecule has 0 spiro atoms. The minimum atomic E-state index is -0.210. The molecular formula is C25H36O4. The molecule has 0 aromatic heterocycles. The van der Waals surface area contributed by atoms with Gasteiger partial charge in [-0.05, 0) is 86.0 Å². The first-order valence-corrected chi connectivity index (χ1v) is 11.4. The number of fused-ring (bicyclic) bond motifs is 5. The Morgan fingerprint density at radius 2 is 1.66 bits per heavy atom. The third-order valence-electron chi connectivity index (χ3n) is 8.90. The van der Waals surface area contributed by atoms with Crippen LogP contribution in [0.1, 0.15) is 86.0 Å². The average Bonchev–Trinajstić information content (AvgIpc) is 2.98. The summed E-state index contributed by atoms with van der Waals surface area (Å²) in [6, 6.07) is 0. The van der Waals surface area contributed by atoms with Gasteiger partial charge in [-0.15, -0.1) is 0 Å². The van der Waals surface area contributed by atoms with E-state index in [-0.39, 0.29) is 28.9 Å². The van der Waals surface area contributed by atoms with Gasteiger partial charge in [0.15, 0.2) is 0 Å². The zero-order valence-corrected chi connectivity index (χ0v) is 18.7. The summed E-state index contributed by atoms with van der Waals surface area (Å²) < 4.78 is 11.1. The Morgan fingerprint density at radius 1 is 0.966 bits per heavy atom. The maximum absolute atomic E-state index is 11.5. The van der Waals surface area contributed by atoms with Crippen LogP contribution in [0.2, 0.25) is 0 Å². The fourth-order valence-corrected chi connectivity index (χ4v) is 7.63. The van der Waals surface area contributed by atoms with Gasteiger partial charge in [-0.1, -0.05) is 25.5 Å². The van der Waals surface area contributed by atoms with Crippen molar-refractivity contribution in [3.05, 3.63) is 23.0 Å². The van der Waals surface area contributed by atoms with Gasteiger partial charge < -0.3 is 9.47 Å². The van der Waals surface area contributed by atoms with E-state index in [4.69, 9.17) is 9.47 Å². The van der Waals surface area contributed by atoms with Crippen molar-refractivity contribution in [3.63, 3.8) is 0 Å². The standard InChI is InChI=1S/C25H36O4/c1-15(28-16(2)26)21-8-9-22-20-7-6-18-14-19(29-17(3)27)10-12-24(18,4)23(20)11-13-25(21,22)5/h6,19-20,22-23H,7-14H2,1-5H3/b21-15+/t19-,20-,22-,23-,24+,25-/m1/s1. The molecule has 4 nitrogen and oxygen atoms in total. The Labute approximate surface area is 175 Å². The highest BCUT2D eigenvalue weighted by atomic mass is 16.5. The number of ether oxygens (including phenoxy) is 2. The van der Waals surface area contributed by atoms with Crippen LogP contribution in [0.4, 0.5) is 0 Å². The summed E-state index contributed by atoms with van der Waals surface area (Å²) in [4.78, 5) is 22.9. The van der Waals surface area contributed by atoms with E-state index in [9.17, 15) is 9.59 Å². The molecule has 0 heterocycles. The first-order chi connectivity index (χ1) is 13.6. The largest absolute Gasteiger partial charge is 0.462 e. The van der Waals surface area contributed by atoms with Crippen LogP contribution in [-0.2, 0) is 19.1 Å². The number of esters is 2. The predicted molar refractivity (Wildman–Crippen MR) is 112 cm³/mol. The van der Waals surface area contributed by atoms with Crippen LogP contribution in [0.5, 0.6) is 0 Å². The molecule has 0 amide bonds. The number of hydrogen-bond donors (Lipinski definition) is 0. The summed E-state index contributed by atoms with van der Waals surface area (Å²) in [6.45, 7) is 9.88. The molecule has 4 aliphatic rings. The first kappa shape index (κ1) is 20.7. The van der Waals surface area contributed by atoms with Gasteiger partial charge >= 0.3 is 11.9 Å². The van der Waals surface area contributed by atoms with E-state index in [0.29, 0.717) is 17.8 Å². The molecule has 3 saturated carbocycles. The fourth-order valence-electron chi connectivity index (χ4n) is 7.63. The lowest BCUT2D eigenvalue weighted by Gasteiger charge is -2.57. The molecular weight excluding hydrogens is 364 g/mol. The van der Waals surface area contributed by atoms with Crippen molar-refractivity contribution in [1.29, 1.82) is 0 Å². The van der Waals surface area contributed by atoms with Crippen molar-refractivity contribution in [1.82, 2.24) is 0 Å². The lowest BCUT2D eigenvalue weighted by molar-refractivity contribution is -0.148. The van der Waals surface area contributed by atoms with Gasteiger partial charge in [0.25, 0.3) is 0 Å². The van der Waals surface area contributed by atoms with Gasteiger partial charge in [0.2, 0.25) is 0 Å². The number of allylic oxidation sites excluding steroid dienone is 3. The molecule has 0 N–H and O–H groups in total. The normalized spacial score (nSPS) is 42.7. The molecule has 3 fully saturated rings. The van der Waals surface area contributed by atoms with Gasteiger partial charge in [0.05, 0.1) is 0 Å². The van der Waals surface area contributed by atoms with Crippen LogP contribution in [0, 0.1) is 28.6 Å². The maximum atomic E-state index is 11.5. The lowest BCUT2D eigenvalue weighted by atomic mass is 9.48. The highest BCUT2D eigenvalue weighted by Gasteiger charge is 2.57. The van der Waals surface area contributed by atoms with Crippen LogP contribution in [-0.4, -0.2) is 18.0 Å². The molecule has 160 valence electrons. The predicted octanol–water partition coefficient (Wildman–Crippen LogP) is 5.72. The van der Waals surface area contributed by atoms with Crippen LogP contribution in [0.25, 0.3) is 0 Å². The summed E-state index contributed by atoms with van der Waals surface area (Å²) in [5.41, 5.74) is 3.33. The van der Waals surface area contributed by atoms with Crippen LogP contribution < -0.4 is 0 Å². The minimum absolute atomic E-state index is 0.0598. The quantitative estimate of drug-likeness (QED) is 0.338. The minimum Gasteiger partial charge on any atom is -0.462 e. The third kappa shape index (κ3) is 3.37. The zero-order chi connectivity index (χ0) is 21.0. The molecule has 0 aromatic carbocycles. The molecule has 0 unspecified atom stereocenters. The van der Waals surface area contributed by atoms with Crippen molar-refractivity contribution in [3.8, 4) is 0 Å². The number of hydrogen-bond acceptors (Lipinski definition) is 4. The average molecular weight is 401 g/mol. The Balaban J connectivity index is 1.59. The van der Waals surface area contributed by atoms with Gasteiger partial charge in [0, 0.05) is 20.3 Å². The van der Waals surface area contributed by atoms with E-state index in [1.54, 1.807) is 0 Å². The molecule has 0 saturated heterocycles. The Morgan fingerprint density at radius 3 is 2.34 bits per heavy atom. The Bertz CT molecular complexity index is 778. The van der Waals surface area contributed by atoms with Crippen LogP contribution in [0.3, 0.4) is 0 Å². The van der Waals surface area contributed by atoms with Crippen molar-refractivity contribution < 1.29 is 19.1 Å². The lowest BCUT2D eigenvalue weighted by Crippen LogP contribution is -2.49. The second-order valence-electron chi connectivity index (χ2n) is 10.4. The highest BCUT2D eigenvalue weighted by Crippen LogP contribution is 2.66. The summed E-state index contributed by atoms with van der Waals surface area (Å²) in [5.74, 6) is 2.57. The molecule has 0 aliphatic heterocycles. The number of rotatable bonds is 2. The van der Waals surface area contributed by atoms with E-state index < -0.39 is 0 Å².